The van der Waals surface area contributed by atoms with E-state index in [-0.39, 0.29) is 5.82 Å². The van der Waals surface area contributed by atoms with E-state index in [4.69, 9.17) is 0 Å². The van der Waals surface area contributed by atoms with Crippen LogP contribution in [0.15, 0.2) is 24.3 Å². The molecule has 0 aliphatic heterocycles. The fourth-order valence-electron chi connectivity index (χ4n) is 3.64. The average molecular weight is 261 g/mol. The van der Waals surface area contributed by atoms with Gasteiger partial charge < -0.3 is 5.32 Å². The van der Waals surface area contributed by atoms with Gasteiger partial charge in [-0.2, -0.15) is 0 Å². The van der Waals surface area contributed by atoms with Crippen molar-refractivity contribution in [2.75, 3.05) is 6.54 Å². The third-order valence-corrected chi connectivity index (χ3v) is 5.19. The van der Waals surface area contributed by atoms with Crippen LogP contribution < -0.4 is 5.32 Å². The molecule has 2 aliphatic carbocycles. The molecule has 2 saturated carbocycles. The summed E-state index contributed by atoms with van der Waals surface area (Å²) in [6.07, 6.45) is 6.66. The topological polar surface area (TPSA) is 12.0 Å². The molecule has 0 amide bonds. The zero-order chi connectivity index (χ0) is 13.2. The summed E-state index contributed by atoms with van der Waals surface area (Å²) in [7, 11) is 0. The van der Waals surface area contributed by atoms with Crippen LogP contribution in [0.25, 0.3) is 0 Å². The van der Waals surface area contributed by atoms with Crippen molar-refractivity contribution >= 4 is 0 Å². The summed E-state index contributed by atoms with van der Waals surface area (Å²) < 4.78 is 12.9. The van der Waals surface area contributed by atoms with Crippen molar-refractivity contribution < 1.29 is 4.39 Å². The van der Waals surface area contributed by atoms with Gasteiger partial charge in [-0.3, -0.25) is 0 Å². The first kappa shape index (κ1) is 13.1. The van der Waals surface area contributed by atoms with Gasteiger partial charge in [0.15, 0.2) is 0 Å². The number of benzene rings is 1. The van der Waals surface area contributed by atoms with Crippen LogP contribution in [0, 0.1) is 17.7 Å². The molecule has 0 radical (unpaired) electrons. The van der Waals surface area contributed by atoms with Crippen molar-refractivity contribution in [3.8, 4) is 0 Å². The largest absolute Gasteiger partial charge is 0.314 e. The van der Waals surface area contributed by atoms with Gasteiger partial charge >= 0.3 is 0 Å². The molecule has 104 valence electrons. The Labute approximate surface area is 115 Å². The Morgan fingerprint density at radius 2 is 1.89 bits per heavy atom. The molecule has 19 heavy (non-hydrogen) atoms. The van der Waals surface area contributed by atoms with Gasteiger partial charge in [-0.05, 0) is 61.3 Å². The van der Waals surface area contributed by atoms with Gasteiger partial charge in [-0.1, -0.05) is 31.9 Å². The van der Waals surface area contributed by atoms with E-state index >= 15 is 0 Å². The first-order chi connectivity index (χ1) is 9.22. The number of halogens is 1. The maximum Gasteiger partial charge on any atom is 0.123 e. The first-order valence-corrected chi connectivity index (χ1v) is 7.71. The Kier molecular flexibility index (Phi) is 3.88. The van der Waals surface area contributed by atoms with E-state index in [1.165, 1.54) is 44.2 Å². The second kappa shape index (κ2) is 5.62. The predicted octanol–water partition coefficient (Wildman–Crippen LogP) is 4.10. The minimum atomic E-state index is -0.132. The van der Waals surface area contributed by atoms with Gasteiger partial charge in [0, 0.05) is 6.04 Å². The van der Waals surface area contributed by atoms with Crippen molar-refractivity contribution in [3.63, 3.8) is 0 Å². The summed E-state index contributed by atoms with van der Waals surface area (Å²) in [4.78, 5) is 0. The number of hydrogen-bond acceptors (Lipinski definition) is 1. The van der Waals surface area contributed by atoms with E-state index in [1.54, 1.807) is 12.1 Å². The second-order valence-corrected chi connectivity index (χ2v) is 6.49. The van der Waals surface area contributed by atoms with Gasteiger partial charge in [-0.15, -0.1) is 0 Å². The molecule has 1 aromatic carbocycles. The van der Waals surface area contributed by atoms with Crippen LogP contribution in [0.4, 0.5) is 4.39 Å². The minimum Gasteiger partial charge on any atom is -0.314 e. The molecule has 3 rings (SSSR count). The Balaban J connectivity index is 1.41. The van der Waals surface area contributed by atoms with Crippen LogP contribution in [-0.2, 0) is 0 Å². The normalized spacial score (nSPS) is 34.2. The Morgan fingerprint density at radius 1 is 1.16 bits per heavy atom. The molecule has 0 saturated heterocycles. The van der Waals surface area contributed by atoms with Crippen molar-refractivity contribution in [3.05, 3.63) is 35.6 Å². The molecule has 0 aromatic heterocycles. The lowest BCUT2D eigenvalue weighted by molar-refractivity contribution is 0.264. The summed E-state index contributed by atoms with van der Waals surface area (Å²) in [6.45, 7) is 3.59. The highest BCUT2D eigenvalue weighted by molar-refractivity contribution is 5.23. The molecule has 0 heterocycles. The van der Waals surface area contributed by atoms with E-state index in [0.717, 1.165) is 11.8 Å². The SMILES string of the molecule is CC1CCCC1CNC1CC(c2ccc(F)cc2)C1. The molecule has 2 fully saturated rings. The lowest BCUT2D eigenvalue weighted by Crippen LogP contribution is -2.42. The van der Waals surface area contributed by atoms with Crippen LogP contribution in [0.3, 0.4) is 0 Å². The van der Waals surface area contributed by atoms with Gasteiger partial charge in [0.2, 0.25) is 0 Å². The zero-order valence-corrected chi connectivity index (χ0v) is 11.7. The van der Waals surface area contributed by atoms with Crippen LogP contribution >= 0.6 is 0 Å². The lowest BCUT2D eigenvalue weighted by atomic mass is 9.75. The maximum absolute atomic E-state index is 12.9. The smallest absolute Gasteiger partial charge is 0.123 e. The summed E-state index contributed by atoms with van der Waals surface area (Å²) in [6, 6.07) is 7.72. The quantitative estimate of drug-likeness (QED) is 0.860. The lowest BCUT2D eigenvalue weighted by Gasteiger charge is -2.37. The molecule has 1 aromatic rings. The van der Waals surface area contributed by atoms with Crippen LogP contribution in [0.2, 0.25) is 0 Å². The maximum atomic E-state index is 12.9. The van der Waals surface area contributed by atoms with Crippen molar-refractivity contribution in [1.82, 2.24) is 5.32 Å². The number of hydrogen-bond donors (Lipinski definition) is 1. The van der Waals surface area contributed by atoms with E-state index in [2.05, 4.69) is 12.2 Å². The summed E-state index contributed by atoms with van der Waals surface area (Å²) in [5.74, 6) is 2.30. The van der Waals surface area contributed by atoms with Crippen molar-refractivity contribution in [2.45, 2.75) is 51.0 Å². The van der Waals surface area contributed by atoms with E-state index < -0.39 is 0 Å². The highest BCUT2D eigenvalue weighted by atomic mass is 19.1. The van der Waals surface area contributed by atoms with Crippen LogP contribution in [0.5, 0.6) is 0 Å². The third kappa shape index (κ3) is 3.00. The molecule has 2 aliphatic rings. The van der Waals surface area contributed by atoms with E-state index in [9.17, 15) is 4.39 Å². The van der Waals surface area contributed by atoms with Crippen LogP contribution in [-0.4, -0.2) is 12.6 Å². The fraction of sp³-hybridized carbons (Fsp3) is 0.647. The Bertz CT molecular complexity index is 408. The first-order valence-electron chi connectivity index (χ1n) is 7.71. The molecule has 0 bridgehead atoms. The van der Waals surface area contributed by atoms with Crippen LogP contribution in [0.1, 0.15) is 50.5 Å². The molecule has 2 unspecified atom stereocenters. The molecular weight excluding hydrogens is 237 g/mol. The molecule has 0 spiro atoms. The monoisotopic (exact) mass is 261 g/mol. The van der Waals surface area contributed by atoms with Crippen molar-refractivity contribution in [2.24, 2.45) is 11.8 Å². The molecule has 2 atom stereocenters. The van der Waals surface area contributed by atoms with Gasteiger partial charge in [0.25, 0.3) is 0 Å². The third-order valence-electron chi connectivity index (χ3n) is 5.19. The molecule has 1 nitrogen and oxygen atoms in total. The van der Waals surface area contributed by atoms with Gasteiger partial charge in [0.1, 0.15) is 5.82 Å². The Hall–Kier alpha value is -0.890. The van der Waals surface area contributed by atoms with E-state index in [1.807, 2.05) is 12.1 Å². The zero-order valence-electron chi connectivity index (χ0n) is 11.7. The molecular formula is C17H24FN. The van der Waals surface area contributed by atoms with Gasteiger partial charge in [-0.25, -0.2) is 4.39 Å². The van der Waals surface area contributed by atoms with E-state index in [0.29, 0.717) is 12.0 Å². The average Bonchev–Trinajstić information content (AvgIpc) is 2.75. The Morgan fingerprint density at radius 3 is 2.53 bits per heavy atom. The summed E-state index contributed by atoms with van der Waals surface area (Å²) in [5, 5.41) is 3.73. The molecule has 1 N–H and O–H groups in total. The minimum absolute atomic E-state index is 0.132. The summed E-state index contributed by atoms with van der Waals surface area (Å²) in [5.41, 5.74) is 1.30. The predicted molar refractivity (Wildman–Crippen MR) is 76.7 cm³/mol. The fourth-order valence-corrected chi connectivity index (χ4v) is 3.64. The molecule has 2 heteroatoms. The number of nitrogens with one attached hydrogen (secondary N) is 1. The highest BCUT2D eigenvalue weighted by Gasteiger charge is 2.31. The standard InChI is InChI=1S/C17H24FN/c1-12-3-2-4-14(12)11-19-17-9-15(10-17)13-5-7-16(18)8-6-13/h5-8,12,14-15,17,19H,2-4,9-11H2,1H3. The highest BCUT2D eigenvalue weighted by Crippen LogP contribution is 2.37. The number of rotatable bonds is 4. The van der Waals surface area contributed by atoms with Crippen molar-refractivity contribution in [1.29, 1.82) is 0 Å². The summed E-state index contributed by atoms with van der Waals surface area (Å²) >= 11 is 0. The van der Waals surface area contributed by atoms with Gasteiger partial charge in [0.05, 0.1) is 0 Å². The second-order valence-electron chi connectivity index (χ2n) is 6.49.